The smallest absolute Gasteiger partial charge is 0.240 e. The molecule has 19 heavy (non-hydrogen) atoms. The Balaban J connectivity index is 1.49. The molecule has 104 valence electrons. The van der Waals surface area contributed by atoms with Gasteiger partial charge < -0.3 is 0 Å². The van der Waals surface area contributed by atoms with Crippen LogP contribution in [0.2, 0.25) is 0 Å². The Bertz CT molecular complexity index is 457. The molecule has 0 spiro atoms. The number of nitrogens with zero attached hydrogens (tertiary/aromatic N) is 3. The van der Waals surface area contributed by atoms with Crippen LogP contribution in [-0.2, 0) is 4.79 Å². The highest BCUT2D eigenvalue weighted by molar-refractivity contribution is 7.15. The molecule has 2 aliphatic rings. The molecular weight excluding hydrogens is 260 g/mol. The molecule has 1 atom stereocenters. The second kappa shape index (κ2) is 5.54. The zero-order valence-corrected chi connectivity index (χ0v) is 12.1. The standard InChI is InChI=1S/C13H20N4OS/c1-9-3-2-6-17(7-9)8-11(18)14-13-16-15-12(19-13)10-4-5-10/h9-10H,2-8H2,1H3,(H,14,16,18). The molecule has 1 aromatic rings. The van der Waals surface area contributed by atoms with Crippen molar-refractivity contribution in [2.45, 2.75) is 38.5 Å². The van der Waals surface area contributed by atoms with Crippen LogP contribution in [0.3, 0.4) is 0 Å². The molecule has 1 N–H and O–H groups in total. The van der Waals surface area contributed by atoms with E-state index in [1.807, 2.05) is 0 Å². The largest absolute Gasteiger partial charge is 0.299 e. The topological polar surface area (TPSA) is 58.1 Å². The summed E-state index contributed by atoms with van der Waals surface area (Å²) in [5, 5.41) is 12.8. The molecule has 1 aromatic heterocycles. The predicted octanol–water partition coefficient (Wildman–Crippen LogP) is 2.09. The van der Waals surface area contributed by atoms with E-state index < -0.39 is 0 Å². The van der Waals surface area contributed by atoms with Crippen LogP contribution < -0.4 is 5.32 Å². The fraction of sp³-hybridized carbons (Fsp3) is 0.769. The predicted molar refractivity (Wildman–Crippen MR) is 75.4 cm³/mol. The van der Waals surface area contributed by atoms with E-state index in [2.05, 4.69) is 27.3 Å². The highest BCUT2D eigenvalue weighted by Crippen LogP contribution is 2.41. The van der Waals surface area contributed by atoms with Crippen LogP contribution in [0, 0.1) is 5.92 Å². The summed E-state index contributed by atoms with van der Waals surface area (Å²) in [6.45, 7) is 4.78. The maximum absolute atomic E-state index is 12.0. The van der Waals surface area contributed by atoms with Crippen molar-refractivity contribution in [1.82, 2.24) is 15.1 Å². The maximum atomic E-state index is 12.0. The van der Waals surface area contributed by atoms with Crippen molar-refractivity contribution in [3.05, 3.63) is 5.01 Å². The highest BCUT2D eigenvalue weighted by Gasteiger charge is 2.28. The number of likely N-dealkylation sites (tertiary alicyclic amines) is 1. The number of rotatable bonds is 4. The molecule has 2 fully saturated rings. The zero-order valence-electron chi connectivity index (χ0n) is 11.3. The summed E-state index contributed by atoms with van der Waals surface area (Å²) in [7, 11) is 0. The Labute approximate surface area is 117 Å². The van der Waals surface area contributed by atoms with Gasteiger partial charge in [0.2, 0.25) is 11.0 Å². The van der Waals surface area contributed by atoms with Gasteiger partial charge in [0.15, 0.2) is 0 Å². The van der Waals surface area contributed by atoms with E-state index in [-0.39, 0.29) is 5.91 Å². The molecule has 1 aliphatic heterocycles. The minimum Gasteiger partial charge on any atom is -0.299 e. The van der Waals surface area contributed by atoms with Crippen molar-refractivity contribution in [3.63, 3.8) is 0 Å². The molecule has 1 unspecified atom stereocenters. The molecule has 2 heterocycles. The Morgan fingerprint density at radius 1 is 1.42 bits per heavy atom. The molecule has 1 aliphatic carbocycles. The summed E-state index contributed by atoms with van der Waals surface area (Å²) in [5.41, 5.74) is 0. The van der Waals surface area contributed by atoms with Crippen LogP contribution in [0.5, 0.6) is 0 Å². The molecule has 0 bridgehead atoms. The van der Waals surface area contributed by atoms with Crippen molar-refractivity contribution < 1.29 is 4.79 Å². The molecule has 0 aromatic carbocycles. The summed E-state index contributed by atoms with van der Waals surface area (Å²) in [6.07, 6.45) is 4.90. The van der Waals surface area contributed by atoms with E-state index in [1.54, 1.807) is 0 Å². The average Bonchev–Trinajstić information content (AvgIpc) is 3.11. The number of nitrogens with one attached hydrogen (secondary N) is 1. The lowest BCUT2D eigenvalue weighted by Crippen LogP contribution is -2.39. The summed E-state index contributed by atoms with van der Waals surface area (Å²) in [5.74, 6) is 1.34. The minimum absolute atomic E-state index is 0.0348. The molecule has 5 nitrogen and oxygen atoms in total. The van der Waals surface area contributed by atoms with Crippen molar-refractivity contribution in [1.29, 1.82) is 0 Å². The molecule has 3 rings (SSSR count). The van der Waals surface area contributed by atoms with Crippen molar-refractivity contribution in [3.8, 4) is 0 Å². The Hall–Kier alpha value is -1.01. The second-order valence-electron chi connectivity index (χ2n) is 5.75. The monoisotopic (exact) mass is 280 g/mol. The van der Waals surface area contributed by atoms with Gasteiger partial charge >= 0.3 is 0 Å². The summed E-state index contributed by atoms with van der Waals surface area (Å²) >= 11 is 1.52. The summed E-state index contributed by atoms with van der Waals surface area (Å²) < 4.78 is 0. The van der Waals surface area contributed by atoms with Gasteiger partial charge in [-0.1, -0.05) is 18.3 Å². The van der Waals surface area contributed by atoms with Gasteiger partial charge in [0.1, 0.15) is 5.01 Å². The Kier molecular flexibility index (Phi) is 3.79. The van der Waals surface area contributed by atoms with E-state index in [0.29, 0.717) is 23.5 Å². The molecule has 0 radical (unpaired) electrons. The van der Waals surface area contributed by atoms with E-state index in [4.69, 9.17) is 0 Å². The van der Waals surface area contributed by atoms with Crippen LogP contribution in [0.1, 0.15) is 43.5 Å². The van der Waals surface area contributed by atoms with Crippen LogP contribution in [-0.4, -0.2) is 40.6 Å². The first-order chi connectivity index (χ1) is 9.20. The Morgan fingerprint density at radius 3 is 3.00 bits per heavy atom. The highest BCUT2D eigenvalue weighted by atomic mass is 32.1. The van der Waals surface area contributed by atoms with Gasteiger partial charge in [-0.05, 0) is 38.1 Å². The number of anilines is 1. The van der Waals surface area contributed by atoms with Crippen molar-refractivity contribution in [2.75, 3.05) is 25.0 Å². The first-order valence-electron chi connectivity index (χ1n) is 7.06. The van der Waals surface area contributed by atoms with E-state index >= 15 is 0 Å². The van der Waals surface area contributed by atoms with E-state index in [0.717, 1.165) is 18.1 Å². The third-order valence-electron chi connectivity index (χ3n) is 3.72. The summed E-state index contributed by atoms with van der Waals surface area (Å²) in [4.78, 5) is 14.2. The van der Waals surface area contributed by atoms with E-state index in [9.17, 15) is 4.79 Å². The van der Waals surface area contributed by atoms with Crippen LogP contribution >= 0.6 is 11.3 Å². The van der Waals surface area contributed by atoms with Crippen molar-refractivity contribution in [2.24, 2.45) is 5.92 Å². The number of piperidine rings is 1. The molecular formula is C13H20N4OS. The quantitative estimate of drug-likeness (QED) is 0.917. The first-order valence-corrected chi connectivity index (χ1v) is 7.88. The van der Waals surface area contributed by atoms with Crippen LogP contribution in [0.25, 0.3) is 0 Å². The van der Waals surface area contributed by atoms with Gasteiger partial charge in [-0.2, -0.15) is 0 Å². The number of amides is 1. The fourth-order valence-corrected chi connectivity index (χ4v) is 3.50. The number of hydrogen-bond acceptors (Lipinski definition) is 5. The van der Waals surface area contributed by atoms with Gasteiger partial charge in [-0.15, -0.1) is 10.2 Å². The van der Waals surface area contributed by atoms with Gasteiger partial charge in [-0.3, -0.25) is 15.0 Å². The van der Waals surface area contributed by atoms with Gasteiger partial charge in [0.05, 0.1) is 6.54 Å². The number of aromatic nitrogens is 2. The lowest BCUT2D eigenvalue weighted by atomic mass is 10.0. The van der Waals surface area contributed by atoms with Crippen LogP contribution in [0.4, 0.5) is 5.13 Å². The molecule has 1 saturated carbocycles. The lowest BCUT2D eigenvalue weighted by Gasteiger charge is -2.29. The number of hydrogen-bond donors (Lipinski definition) is 1. The normalized spacial score (nSPS) is 24.4. The molecule has 1 saturated heterocycles. The third-order valence-corrected chi connectivity index (χ3v) is 4.72. The van der Waals surface area contributed by atoms with Crippen LogP contribution in [0.15, 0.2) is 0 Å². The van der Waals surface area contributed by atoms with Gasteiger partial charge in [0.25, 0.3) is 0 Å². The molecule has 6 heteroatoms. The summed E-state index contributed by atoms with van der Waals surface area (Å²) in [6, 6.07) is 0. The van der Waals surface area contributed by atoms with Gasteiger partial charge in [0, 0.05) is 12.5 Å². The lowest BCUT2D eigenvalue weighted by molar-refractivity contribution is -0.117. The molecule has 1 amide bonds. The van der Waals surface area contributed by atoms with Crippen molar-refractivity contribution >= 4 is 22.4 Å². The SMILES string of the molecule is CC1CCCN(CC(=O)Nc2nnc(C3CC3)s2)C1. The second-order valence-corrected chi connectivity index (χ2v) is 6.76. The number of carbonyl (C=O) groups is 1. The fourth-order valence-electron chi connectivity index (χ4n) is 2.57. The number of carbonyl (C=O) groups excluding carboxylic acids is 1. The van der Waals surface area contributed by atoms with E-state index in [1.165, 1.54) is 37.0 Å². The maximum Gasteiger partial charge on any atom is 0.240 e. The first kappa shape index (κ1) is 13.0. The minimum atomic E-state index is 0.0348. The van der Waals surface area contributed by atoms with Gasteiger partial charge in [-0.25, -0.2) is 0 Å². The zero-order chi connectivity index (χ0) is 13.2. The average molecular weight is 280 g/mol. The third kappa shape index (κ3) is 3.51. The Morgan fingerprint density at radius 2 is 2.26 bits per heavy atom.